The third kappa shape index (κ3) is 3.32. The number of morpholine rings is 1. The molecule has 0 aromatic heterocycles. The molecule has 1 saturated heterocycles. The van der Waals surface area contributed by atoms with Crippen molar-refractivity contribution >= 4 is 29.5 Å². The van der Waals surface area contributed by atoms with E-state index in [0.717, 1.165) is 62.8 Å². The summed E-state index contributed by atoms with van der Waals surface area (Å²) in [5.41, 5.74) is 1.39. The Morgan fingerprint density at radius 3 is 2.43 bits per heavy atom. The normalized spacial score (nSPS) is 28.4. The van der Waals surface area contributed by atoms with E-state index in [1.54, 1.807) is 23.5 Å². The van der Waals surface area contributed by atoms with Gasteiger partial charge in [-0.2, -0.15) is 0 Å². The fraction of sp³-hybridized carbons (Fsp3) is 0.824. The van der Waals surface area contributed by atoms with Gasteiger partial charge in [0.15, 0.2) is 4.08 Å². The van der Waals surface area contributed by atoms with Gasteiger partial charge < -0.3 is 9.47 Å². The molecule has 0 bridgehead atoms. The summed E-state index contributed by atoms with van der Waals surface area (Å²) in [5.74, 6) is 2.78. The molecule has 3 aliphatic rings. The number of hydrogen-bond donors (Lipinski definition) is 0. The fourth-order valence-corrected chi connectivity index (χ4v) is 6.99. The lowest BCUT2D eigenvalue weighted by atomic mass is 9.87. The molecule has 2 heterocycles. The molecule has 0 aromatic carbocycles. The average molecular weight is 358 g/mol. The lowest BCUT2D eigenvalue weighted by Gasteiger charge is -2.49. The molecular weight excluding hydrogens is 330 g/mol. The zero-order valence-corrected chi connectivity index (χ0v) is 15.8. The first-order valence-corrected chi connectivity index (χ1v) is 10.7. The highest BCUT2D eigenvalue weighted by Crippen LogP contribution is 2.51. The summed E-state index contributed by atoms with van der Waals surface area (Å²) in [6.45, 7) is 7.61. The van der Waals surface area contributed by atoms with Crippen LogP contribution in [0.3, 0.4) is 0 Å². The van der Waals surface area contributed by atoms with Gasteiger partial charge >= 0.3 is 5.97 Å². The zero-order valence-electron chi connectivity index (χ0n) is 14.1. The molecule has 1 atom stereocenters. The lowest BCUT2D eigenvalue weighted by Crippen LogP contribution is -2.60. The largest absolute Gasteiger partial charge is 0.429 e. The summed E-state index contributed by atoms with van der Waals surface area (Å²) >= 11 is 3.52. The van der Waals surface area contributed by atoms with Gasteiger partial charge in [-0.15, -0.1) is 23.5 Å². The number of ether oxygens (including phenoxy) is 2. The zero-order chi connectivity index (χ0) is 16.3. The third-order valence-corrected chi connectivity index (χ3v) is 7.70. The van der Waals surface area contributed by atoms with Crippen molar-refractivity contribution in [3.8, 4) is 0 Å². The molecule has 0 saturated carbocycles. The quantitative estimate of drug-likeness (QED) is 0.555. The van der Waals surface area contributed by atoms with Gasteiger partial charge in [0.2, 0.25) is 0 Å². The van der Waals surface area contributed by atoms with Crippen molar-refractivity contribution < 1.29 is 14.3 Å². The Hall–Kier alpha value is -0.170. The summed E-state index contributed by atoms with van der Waals surface area (Å²) in [7, 11) is 0. The number of esters is 1. The first-order valence-electron chi connectivity index (χ1n) is 8.76. The number of rotatable bonds is 5. The SMILES string of the molecule is CCSC1(SCC)C(=O)OC2=C(CCCC2)[C@H]1N1CCOCC1. The van der Waals surface area contributed by atoms with E-state index in [2.05, 4.69) is 18.7 Å². The minimum atomic E-state index is -0.517. The third-order valence-electron chi connectivity index (χ3n) is 4.78. The summed E-state index contributed by atoms with van der Waals surface area (Å²) < 4.78 is 10.9. The molecular formula is C17H27NO3S2. The van der Waals surface area contributed by atoms with E-state index in [9.17, 15) is 4.79 Å². The molecule has 0 unspecified atom stereocenters. The van der Waals surface area contributed by atoms with E-state index in [1.807, 2.05) is 0 Å². The van der Waals surface area contributed by atoms with E-state index in [1.165, 1.54) is 12.0 Å². The summed E-state index contributed by atoms with van der Waals surface area (Å²) in [6.07, 6.45) is 4.34. The van der Waals surface area contributed by atoms with Crippen molar-refractivity contribution in [3.05, 3.63) is 11.3 Å². The Bertz CT molecular complexity index is 468. The second-order valence-corrected chi connectivity index (χ2v) is 9.41. The van der Waals surface area contributed by atoms with Crippen molar-refractivity contribution in [2.24, 2.45) is 0 Å². The minimum absolute atomic E-state index is 0.0339. The highest BCUT2D eigenvalue weighted by atomic mass is 32.2. The van der Waals surface area contributed by atoms with Gasteiger partial charge in [-0.05, 0) is 36.3 Å². The molecule has 1 aliphatic carbocycles. The number of hydrogen-bond acceptors (Lipinski definition) is 6. The molecule has 4 nitrogen and oxygen atoms in total. The van der Waals surface area contributed by atoms with Crippen LogP contribution in [0.25, 0.3) is 0 Å². The Labute approximate surface area is 147 Å². The van der Waals surface area contributed by atoms with Crippen molar-refractivity contribution in [1.82, 2.24) is 4.90 Å². The van der Waals surface area contributed by atoms with Crippen LogP contribution in [0.4, 0.5) is 0 Å². The molecule has 23 heavy (non-hydrogen) atoms. The minimum Gasteiger partial charge on any atom is -0.429 e. The Morgan fingerprint density at radius 1 is 1.13 bits per heavy atom. The van der Waals surface area contributed by atoms with Crippen LogP contribution < -0.4 is 0 Å². The van der Waals surface area contributed by atoms with Crippen LogP contribution in [0.15, 0.2) is 11.3 Å². The van der Waals surface area contributed by atoms with E-state index >= 15 is 0 Å². The van der Waals surface area contributed by atoms with Crippen LogP contribution in [-0.2, 0) is 14.3 Å². The number of nitrogens with zero attached hydrogens (tertiary/aromatic N) is 1. The Morgan fingerprint density at radius 2 is 1.78 bits per heavy atom. The van der Waals surface area contributed by atoms with Crippen LogP contribution in [-0.4, -0.2) is 58.8 Å². The number of allylic oxidation sites excluding steroid dienone is 1. The first-order chi connectivity index (χ1) is 11.2. The molecule has 1 fully saturated rings. The van der Waals surface area contributed by atoms with Crippen LogP contribution in [0.5, 0.6) is 0 Å². The van der Waals surface area contributed by atoms with Crippen molar-refractivity contribution in [2.45, 2.75) is 49.7 Å². The highest BCUT2D eigenvalue weighted by Gasteiger charge is 2.55. The second-order valence-electron chi connectivity index (χ2n) is 6.13. The number of thioether (sulfide) groups is 2. The predicted octanol–water partition coefficient (Wildman–Crippen LogP) is 3.27. The Kier molecular flexibility index (Phi) is 5.99. The monoisotopic (exact) mass is 357 g/mol. The van der Waals surface area contributed by atoms with Gasteiger partial charge in [-0.3, -0.25) is 4.90 Å². The first kappa shape index (κ1) is 17.6. The maximum atomic E-state index is 13.0. The van der Waals surface area contributed by atoms with Crippen LogP contribution in [0, 0.1) is 0 Å². The highest BCUT2D eigenvalue weighted by molar-refractivity contribution is 8.19. The molecule has 0 aromatic rings. The predicted molar refractivity (Wildman–Crippen MR) is 96.8 cm³/mol. The maximum absolute atomic E-state index is 13.0. The van der Waals surface area contributed by atoms with Gasteiger partial charge in [0.05, 0.1) is 19.3 Å². The van der Waals surface area contributed by atoms with Crippen LogP contribution in [0.2, 0.25) is 0 Å². The van der Waals surface area contributed by atoms with E-state index in [-0.39, 0.29) is 12.0 Å². The lowest BCUT2D eigenvalue weighted by molar-refractivity contribution is -0.144. The molecule has 130 valence electrons. The van der Waals surface area contributed by atoms with Gasteiger partial charge in [0, 0.05) is 19.5 Å². The number of carbonyl (C=O) groups is 1. The van der Waals surface area contributed by atoms with Crippen molar-refractivity contribution in [2.75, 3.05) is 37.8 Å². The number of carbonyl (C=O) groups excluding carboxylic acids is 1. The summed E-state index contributed by atoms with van der Waals surface area (Å²) in [4.78, 5) is 15.5. The van der Waals surface area contributed by atoms with E-state index < -0.39 is 4.08 Å². The van der Waals surface area contributed by atoms with Crippen LogP contribution >= 0.6 is 23.5 Å². The fourth-order valence-electron chi connectivity index (χ4n) is 3.87. The Balaban J connectivity index is 2.03. The summed E-state index contributed by atoms with van der Waals surface area (Å²) in [5, 5.41) is 0. The van der Waals surface area contributed by atoms with E-state index in [0.29, 0.717) is 0 Å². The van der Waals surface area contributed by atoms with Gasteiger partial charge in [0.1, 0.15) is 5.76 Å². The smallest absolute Gasteiger partial charge is 0.339 e. The van der Waals surface area contributed by atoms with Gasteiger partial charge in [-0.25, -0.2) is 4.79 Å². The molecule has 6 heteroatoms. The average Bonchev–Trinajstić information content (AvgIpc) is 2.57. The molecule has 0 N–H and O–H groups in total. The second kappa shape index (κ2) is 7.81. The summed E-state index contributed by atoms with van der Waals surface area (Å²) in [6, 6.07) is 0.165. The van der Waals surface area contributed by atoms with E-state index in [4.69, 9.17) is 9.47 Å². The molecule has 0 amide bonds. The molecule has 2 aliphatic heterocycles. The molecule has 3 rings (SSSR count). The molecule has 0 spiro atoms. The molecule has 0 radical (unpaired) electrons. The standard InChI is InChI=1S/C17H27NO3S2/c1-3-22-17(23-4-2)15(18-9-11-20-12-10-18)13-7-5-6-8-14(13)21-16(17)19/h15H,3-12H2,1-2H3/t15-/m1/s1. The van der Waals surface area contributed by atoms with Gasteiger partial charge in [-0.1, -0.05) is 13.8 Å². The van der Waals surface area contributed by atoms with Crippen molar-refractivity contribution in [3.63, 3.8) is 0 Å². The maximum Gasteiger partial charge on any atom is 0.339 e. The topological polar surface area (TPSA) is 38.8 Å². The van der Waals surface area contributed by atoms with Crippen LogP contribution in [0.1, 0.15) is 39.5 Å². The van der Waals surface area contributed by atoms with Gasteiger partial charge in [0.25, 0.3) is 0 Å². The van der Waals surface area contributed by atoms with Crippen molar-refractivity contribution in [1.29, 1.82) is 0 Å².